The average molecular weight is 1080 g/mol. The van der Waals surface area contributed by atoms with Crippen LogP contribution in [0.3, 0.4) is 0 Å². The lowest BCUT2D eigenvalue weighted by molar-refractivity contribution is -0.144. The van der Waals surface area contributed by atoms with Crippen molar-refractivity contribution in [1.82, 2.24) is 41.8 Å². The van der Waals surface area contributed by atoms with Gasteiger partial charge in [-0.05, 0) is 90.7 Å². The molecule has 2 heterocycles. The van der Waals surface area contributed by atoms with Crippen molar-refractivity contribution in [1.29, 1.82) is 0 Å². The molecule has 1 aliphatic rings. The number of para-hydroxylation sites is 1. The summed E-state index contributed by atoms with van der Waals surface area (Å²) in [5, 5.41) is 27.9. The predicted octanol–water partition coefficient (Wildman–Crippen LogP) is 4.11. The fraction of sp³-hybridized carbons (Fsp3) is 0.500. The van der Waals surface area contributed by atoms with E-state index in [2.05, 4.69) is 36.9 Å². The molecule has 0 radical (unpaired) electrons. The molecule has 0 bridgehead atoms. The van der Waals surface area contributed by atoms with Crippen LogP contribution in [0.4, 0.5) is 0 Å². The maximum absolute atomic E-state index is 14.8. The van der Waals surface area contributed by atoms with E-state index in [0.29, 0.717) is 53.9 Å². The van der Waals surface area contributed by atoms with Crippen LogP contribution in [0, 0.1) is 11.8 Å². The Kier molecular flexibility index (Phi) is 24.2. The zero-order chi connectivity index (χ0) is 55.3. The van der Waals surface area contributed by atoms with E-state index in [1.54, 1.807) is 73.4 Å². The van der Waals surface area contributed by atoms with Crippen LogP contribution < -0.4 is 37.6 Å². The molecule has 3 aromatic carbocycles. The number of carbonyl (C=O) groups is 8. The molecule has 7 amide bonds. The Morgan fingerprint density at radius 2 is 1.17 bits per heavy atom. The number of nitrogens with one attached hydrogen (secondary N) is 7. The zero-order valence-electron chi connectivity index (χ0n) is 44.5. The van der Waals surface area contributed by atoms with Crippen molar-refractivity contribution in [2.45, 2.75) is 134 Å². The number of fused-ring (bicyclic) bond motifs is 1. The highest BCUT2D eigenvalue weighted by Gasteiger charge is 2.40. The number of H-pyrrole nitrogens is 1. The Morgan fingerprint density at radius 3 is 1.75 bits per heavy atom. The van der Waals surface area contributed by atoms with Crippen LogP contribution >= 0.6 is 23.5 Å². The highest BCUT2D eigenvalue weighted by molar-refractivity contribution is 7.98. The molecule has 1 aliphatic heterocycles. The number of hydrogen-bond acceptors (Lipinski definition) is 11. The molecule has 0 spiro atoms. The summed E-state index contributed by atoms with van der Waals surface area (Å²) in [6.07, 6.45) is 7.69. The number of benzene rings is 3. The lowest BCUT2D eigenvalue weighted by Crippen LogP contribution is -2.61. The smallest absolute Gasteiger partial charge is 0.326 e. The quantitative estimate of drug-likeness (QED) is 0.0357. The minimum Gasteiger partial charge on any atom is -0.480 e. The van der Waals surface area contributed by atoms with Gasteiger partial charge in [-0.3, -0.25) is 33.6 Å². The minimum atomic E-state index is -1.30. The molecule has 10 N–H and O–H groups in total. The van der Waals surface area contributed by atoms with Crippen LogP contribution in [0.25, 0.3) is 10.9 Å². The number of rotatable bonds is 30. The molecular formula is C56H77N9O9S2. The number of aromatic amines is 1. The highest BCUT2D eigenvalue weighted by atomic mass is 32.2. The van der Waals surface area contributed by atoms with Gasteiger partial charge in [-0.2, -0.15) is 23.5 Å². The molecule has 4 aromatic rings. The molecule has 0 saturated carbocycles. The number of amides is 7. The molecule has 1 fully saturated rings. The predicted molar refractivity (Wildman–Crippen MR) is 299 cm³/mol. The third kappa shape index (κ3) is 17.9. The van der Waals surface area contributed by atoms with Gasteiger partial charge in [0.15, 0.2) is 0 Å². The molecule has 9 atom stereocenters. The third-order valence-corrected chi connectivity index (χ3v) is 15.0. The number of aliphatic carboxylic acids is 1. The number of hydrogen-bond donors (Lipinski definition) is 9. The van der Waals surface area contributed by atoms with Crippen molar-refractivity contribution < 1.29 is 43.5 Å². The maximum Gasteiger partial charge on any atom is 0.326 e. The summed E-state index contributed by atoms with van der Waals surface area (Å²) >= 11 is 3.05. The Hall–Kier alpha value is -6.38. The topological polar surface area (TPSA) is 274 Å². The molecule has 0 unspecified atom stereocenters. The Labute approximate surface area is 454 Å². The highest BCUT2D eigenvalue weighted by Crippen LogP contribution is 2.23. The van der Waals surface area contributed by atoms with E-state index in [1.165, 1.54) is 16.7 Å². The molecule has 0 aliphatic carbocycles. The molecule has 1 aromatic heterocycles. The summed E-state index contributed by atoms with van der Waals surface area (Å²) in [6.45, 7) is 7.59. The number of carbonyl (C=O) groups excluding carboxylic acids is 7. The molecular weight excluding hydrogens is 1010 g/mol. The maximum atomic E-state index is 14.8. The van der Waals surface area contributed by atoms with E-state index < -0.39 is 102 Å². The minimum absolute atomic E-state index is 0.00679. The number of likely N-dealkylation sites (tertiary alicyclic amines) is 1. The first kappa shape index (κ1) is 60.5. The Bertz CT molecular complexity index is 2570. The molecule has 20 heteroatoms. The van der Waals surface area contributed by atoms with E-state index in [-0.39, 0.29) is 44.6 Å². The molecule has 5 rings (SSSR count). The van der Waals surface area contributed by atoms with Crippen LogP contribution in [0.2, 0.25) is 0 Å². The number of carboxylic acid groups (broad SMARTS) is 1. The number of thioether (sulfide) groups is 2. The van der Waals surface area contributed by atoms with Gasteiger partial charge in [0.25, 0.3) is 0 Å². The molecule has 18 nitrogen and oxygen atoms in total. The lowest BCUT2D eigenvalue weighted by Gasteiger charge is -2.31. The van der Waals surface area contributed by atoms with Gasteiger partial charge in [0.2, 0.25) is 41.4 Å². The van der Waals surface area contributed by atoms with E-state index >= 15 is 0 Å². The fourth-order valence-electron chi connectivity index (χ4n) is 9.22. The number of nitrogens with zero attached hydrogens (tertiary/aromatic N) is 1. The van der Waals surface area contributed by atoms with E-state index in [4.69, 9.17) is 5.73 Å². The van der Waals surface area contributed by atoms with Gasteiger partial charge in [-0.15, -0.1) is 0 Å². The first-order valence-corrected chi connectivity index (χ1v) is 28.9. The van der Waals surface area contributed by atoms with E-state index in [0.717, 1.165) is 10.9 Å². The first-order valence-electron chi connectivity index (χ1n) is 26.2. The number of aromatic nitrogens is 1. The fourth-order valence-corrected chi connectivity index (χ4v) is 10.2. The normalized spacial score (nSPS) is 16.5. The zero-order valence-corrected chi connectivity index (χ0v) is 46.1. The van der Waals surface area contributed by atoms with Crippen LogP contribution in [0.5, 0.6) is 0 Å². The van der Waals surface area contributed by atoms with Crippen molar-refractivity contribution >= 4 is 81.7 Å². The van der Waals surface area contributed by atoms with Crippen LogP contribution in [0.15, 0.2) is 91.1 Å². The van der Waals surface area contributed by atoms with E-state index in [1.807, 2.05) is 69.7 Å². The van der Waals surface area contributed by atoms with Crippen LogP contribution in [-0.2, 0) is 57.6 Å². The first-order chi connectivity index (χ1) is 36.4. The summed E-state index contributed by atoms with van der Waals surface area (Å²) < 4.78 is 0. The van der Waals surface area contributed by atoms with Gasteiger partial charge in [0.1, 0.15) is 42.3 Å². The standard InChI is InChI=1S/C56H77N9O9S2/c1-7-35(4)48(56(73)74)64-53(70)46(32-38-33-58-41-22-15-14-21-39(38)41)62-51(68)44(30-36-17-10-8-11-18-36)61-52(69)45(31-37-19-12-9-13-20-37)63-54(71)47-23-16-26-65(47)55(72)42(25-28-76-6)59-50(67)43(29-34(2)3)60-49(66)40(57)24-27-75-5/h8-15,17-22,33-35,40,42-48,58H,7,16,23-32,57H2,1-6H3,(H,59,67)(H,60,66)(H,61,69)(H,62,68)(H,63,71)(H,64,70)(H,73,74)/t35-,40-,42-,43-,44-,45-,46-,47-,48-/m0/s1. The molecule has 412 valence electrons. The Balaban J connectivity index is 1.41. The van der Waals surface area contributed by atoms with Gasteiger partial charge < -0.3 is 52.6 Å². The van der Waals surface area contributed by atoms with Crippen LogP contribution in [0.1, 0.15) is 82.9 Å². The second kappa shape index (κ2) is 30.4. The van der Waals surface area contributed by atoms with Gasteiger partial charge in [-0.1, -0.05) is 113 Å². The second-order valence-electron chi connectivity index (χ2n) is 19.9. The van der Waals surface area contributed by atoms with Gasteiger partial charge >= 0.3 is 5.97 Å². The van der Waals surface area contributed by atoms with Crippen molar-refractivity contribution in [3.8, 4) is 0 Å². The SMILES string of the molecule is CC[C@H](C)[C@H](NC(=O)[C@H](Cc1c[nH]c2ccccc12)NC(=O)[C@H](Cc1ccccc1)NC(=O)[C@H](Cc1ccccc1)NC(=O)[C@@H]1CCCN1C(=O)[C@H](CCSC)NC(=O)[C@H](CC(C)C)NC(=O)[C@@H](N)CCSC)C(=O)O. The van der Waals surface area contributed by atoms with Gasteiger partial charge in [-0.25, -0.2) is 4.79 Å². The Morgan fingerprint density at radius 1 is 0.658 bits per heavy atom. The monoisotopic (exact) mass is 1080 g/mol. The van der Waals surface area contributed by atoms with Crippen LogP contribution in [-0.4, -0.2) is 141 Å². The molecule has 76 heavy (non-hydrogen) atoms. The van der Waals surface area contributed by atoms with Gasteiger partial charge in [0, 0.05) is 42.9 Å². The van der Waals surface area contributed by atoms with Crippen molar-refractivity contribution in [3.63, 3.8) is 0 Å². The lowest BCUT2D eigenvalue weighted by atomic mass is 9.97. The number of carboxylic acids is 1. The largest absolute Gasteiger partial charge is 0.480 e. The van der Waals surface area contributed by atoms with Gasteiger partial charge in [0.05, 0.1) is 6.04 Å². The summed E-state index contributed by atoms with van der Waals surface area (Å²) in [7, 11) is 0. The second-order valence-corrected chi connectivity index (χ2v) is 21.9. The third-order valence-electron chi connectivity index (χ3n) is 13.7. The van der Waals surface area contributed by atoms with E-state index in [9.17, 15) is 43.5 Å². The summed E-state index contributed by atoms with van der Waals surface area (Å²) in [6, 6.07) is 16.5. The van der Waals surface area contributed by atoms with Crippen molar-refractivity contribution in [2.24, 2.45) is 17.6 Å². The average Bonchev–Trinajstić information content (AvgIpc) is 4.08. The summed E-state index contributed by atoms with van der Waals surface area (Å²) in [5.41, 5.74) is 9.03. The summed E-state index contributed by atoms with van der Waals surface area (Å²) in [5.74, 6) is -4.68. The summed E-state index contributed by atoms with van der Waals surface area (Å²) in [4.78, 5) is 117. The molecule has 1 saturated heterocycles. The number of nitrogens with two attached hydrogens (primary N) is 1. The van der Waals surface area contributed by atoms with Crippen molar-refractivity contribution in [3.05, 3.63) is 108 Å². The van der Waals surface area contributed by atoms with Crippen molar-refractivity contribution in [2.75, 3.05) is 30.6 Å².